The van der Waals surface area contributed by atoms with Crippen LogP contribution in [-0.4, -0.2) is 22.0 Å². The average Bonchev–Trinajstić information content (AvgIpc) is 2.60. The fourth-order valence-electron chi connectivity index (χ4n) is 2.28. The predicted octanol–water partition coefficient (Wildman–Crippen LogP) is 4.81. The molecule has 0 spiro atoms. The molecule has 0 aliphatic rings. The van der Waals surface area contributed by atoms with E-state index in [4.69, 9.17) is 13.9 Å². The van der Waals surface area contributed by atoms with Crippen LogP contribution in [0, 0.1) is 11.8 Å². The highest BCUT2D eigenvalue weighted by Gasteiger charge is 2.20. The molecule has 0 aromatic heterocycles. The smallest absolute Gasteiger partial charge is 0.185 e. The van der Waals surface area contributed by atoms with Gasteiger partial charge in [0.05, 0.1) is 13.7 Å². The van der Waals surface area contributed by atoms with Gasteiger partial charge in [-0.05, 0) is 42.9 Å². The maximum atomic E-state index is 6.21. The van der Waals surface area contributed by atoms with Crippen molar-refractivity contribution in [2.24, 2.45) is 0 Å². The maximum Gasteiger partial charge on any atom is 0.185 e. The van der Waals surface area contributed by atoms with Crippen molar-refractivity contribution in [3.63, 3.8) is 0 Å². The first-order valence-electron chi connectivity index (χ1n) is 8.40. The van der Waals surface area contributed by atoms with Crippen LogP contribution in [0.25, 0.3) is 0 Å². The van der Waals surface area contributed by atoms with Crippen LogP contribution in [0.3, 0.4) is 0 Å². The fraction of sp³-hybridized carbons (Fsp3) is 0.333. The zero-order valence-electron chi connectivity index (χ0n) is 15.4. The van der Waals surface area contributed by atoms with E-state index in [2.05, 4.69) is 43.6 Å². The van der Waals surface area contributed by atoms with Crippen molar-refractivity contribution in [1.29, 1.82) is 0 Å². The van der Waals surface area contributed by atoms with Gasteiger partial charge < -0.3 is 13.9 Å². The third-order valence-corrected chi connectivity index (χ3v) is 4.33. The third kappa shape index (κ3) is 7.14. The Labute approximate surface area is 152 Å². The Morgan fingerprint density at radius 3 is 2.44 bits per heavy atom. The summed E-state index contributed by atoms with van der Waals surface area (Å²) < 4.78 is 17.1. The van der Waals surface area contributed by atoms with Crippen LogP contribution in [0.5, 0.6) is 5.75 Å². The first-order valence-corrected chi connectivity index (χ1v) is 11.8. The van der Waals surface area contributed by atoms with Crippen molar-refractivity contribution in [3.05, 3.63) is 65.7 Å². The number of methoxy groups -OCH3 is 1. The van der Waals surface area contributed by atoms with Crippen LogP contribution in [0.15, 0.2) is 54.6 Å². The molecule has 0 saturated carbocycles. The normalized spacial score (nSPS) is 12.2. The van der Waals surface area contributed by atoms with E-state index in [9.17, 15) is 0 Å². The monoisotopic (exact) mass is 354 g/mol. The topological polar surface area (TPSA) is 27.7 Å². The van der Waals surface area contributed by atoms with Crippen LogP contribution in [0.4, 0.5) is 0 Å². The van der Waals surface area contributed by atoms with Crippen LogP contribution in [0.1, 0.15) is 17.2 Å². The molecule has 3 nitrogen and oxygen atoms in total. The molecule has 0 fully saturated rings. The lowest BCUT2D eigenvalue weighted by atomic mass is 10.1. The lowest BCUT2D eigenvalue weighted by Gasteiger charge is -2.23. The summed E-state index contributed by atoms with van der Waals surface area (Å²) in [5.74, 6) is 7.15. The van der Waals surface area contributed by atoms with Gasteiger partial charge in [0.2, 0.25) is 0 Å². The van der Waals surface area contributed by atoms with Crippen molar-refractivity contribution in [1.82, 2.24) is 0 Å². The minimum absolute atomic E-state index is 0.201. The van der Waals surface area contributed by atoms with Gasteiger partial charge in [0, 0.05) is 0 Å². The van der Waals surface area contributed by atoms with Gasteiger partial charge in [-0.25, -0.2) is 0 Å². The van der Waals surface area contributed by atoms with Crippen molar-refractivity contribution in [3.8, 4) is 17.6 Å². The van der Waals surface area contributed by atoms with Gasteiger partial charge in [-0.2, -0.15) is 0 Å². The molecule has 0 N–H and O–H groups in total. The zero-order valence-corrected chi connectivity index (χ0v) is 16.4. The van der Waals surface area contributed by atoms with Crippen molar-refractivity contribution < 1.29 is 13.9 Å². The number of hydrogen-bond acceptors (Lipinski definition) is 3. The Hall–Kier alpha value is -2.06. The molecular weight excluding hydrogens is 328 g/mol. The first-order chi connectivity index (χ1) is 12.0. The molecule has 2 aromatic carbocycles. The maximum absolute atomic E-state index is 6.21. The summed E-state index contributed by atoms with van der Waals surface area (Å²) in [6, 6.07) is 18.0. The average molecular weight is 355 g/mol. The summed E-state index contributed by atoms with van der Waals surface area (Å²) in [4.78, 5) is 0. The summed E-state index contributed by atoms with van der Waals surface area (Å²) in [5, 5.41) is 0. The molecular formula is C21H26O3Si. The highest BCUT2D eigenvalue weighted by Crippen LogP contribution is 2.21. The molecule has 2 rings (SSSR count). The molecule has 0 heterocycles. The lowest BCUT2D eigenvalue weighted by Crippen LogP contribution is -2.27. The summed E-state index contributed by atoms with van der Waals surface area (Å²) in [7, 11) is -0.0316. The molecule has 132 valence electrons. The Morgan fingerprint density at radius 1 is 1.00 bits per heavy atom. The molecule has 0 bridgehead atoms. The van der Waals surface area contributed by atoms with Gasteiger partial charge in [-0.3, -0.25) is 0 Å². The molecule has 0 aliphatic heterocycles. The van der Waals surface area contributed by atoms with Crippen molar-refractivity contribution in [2.75, 3.05) is 13.7 Å². The van der Waals surface area contributed by atoms with E-state index in [0.29, 0.717) is 13.2 Å². The Kier molecular flexibility index (Phi) is 7.26. The van der Waals surface area contributed by atoms with E-state index in [-0.39, 0.29) is 6.10 Å². The Morgan fingerprint density at radius 2 is 1.76 bits per heavy atom. The standard InChI is InChI=1S/C21H26O3Si/c1-22-20-13-8-10-18(16-20)17-23-15-9-14-21(24-25(2,3)4)19-11-6-5-7-12-19/h5-8,10-13,16,21H,15,17H2,1-4H3. The third-order valence-electron chi connectivity index (χ3n) is 3.38. The second-order valence-electron chi connectivity index (χ2n) is 6.69. The minimum atomic E-state index is -1.69. The van der Waals surface area contributed by atoms with Crippen LogP contribution in [0.2, 0.25) is 19.6 Å². The van der Waals surface area contributed by atoms with Crippen molar-refractivity contribution >= 4 is 8.32 Å². The van der Waals surface area contributed by atoms with Gasteiger partial charge in [0.15, 0.2) is 8.32 Å². The number of ether oxygens (including phenoxy) is 2. The highest BCUT2D eigenvalue weighted by atomic mass is 28.4. The van der Waals surface area contributed by atoms with Gasteiger partial charge in [-0.1, -0.05) is 54.3 Å². The van der Waals surface area contributed by atoms with Crippen LogP contribution in [-0.2, 0) is 15.8 Å². The molecule has 0 amide bonds. The summed E-state index contributed by atoms with van der Waals surface area (Å²) in [6.07, 6.45) is -0.201. The van der Waals surface area contributed by atoms with Gasteiger partial charge in [-0.15, -0.1) is 0 Å². The summed E-state index contributed by atoms with van der Waals surface area (Å²) in [6.45, 7) is 7.39. The van der Waals surface area contributed by atoms with E-state index < -0.39 is 8.32 Å². The molecule has 0 radical (unpaired) electrons. The SMILES string of the molecule is COc1cccc(COCC#CC(O[Si](C)(C)C)c2ccccc2)c1. The number of benzene rings is 2. The number of hydrogen-bond donors (Lipinski definition) is 0. The van der Waals surface area contributed by atoms with Crippen molar-refractivity contribution in [2.45, 2.75) is 32.4 Å². The molecule has 2 aromatic rings. The van der Waals surface area contributed by atoms with E-state index in [1.807, 2.05) is 42.5 Å². The Balaban J connectivity index is 1.93. The minimum Gasteiger partial charge on any atom is -0.497 e. The first kappa shape index (κ1) is 19.3. The summed E-state index contributed by atoms with van der Waals surface area (Å²) in [5.41, 5.74) is 2.16. The highest BCUT2D eigenvalue weighted by molar-refractivity contribution is 6.69. The van der Waals surface area contributed by atoms with Gasteiger partial charge in [0.1, 0.15) is 18.5 Å². The van der Waals surface area contributed by atoms with Gasteiger partial charge >= 0.3 is 0 Å². The molecule has 25 heavy (non-hydrogen) atoms. The molecule has 0 aliphatic carbocycles. The predicted molar refractivity (Wildman–Crippen MR) is 104 cm³/mol. The van der Waals surface area contributed by atoms with Gasteiger partial charge in [0.25, 0.3) is 0 Å². The Bertz CT molecular complexity index is 711. The largest absolute Gasteiger partial charge is 0.497 e. The van der Waals surface area contributed by atoms with E-state index in [0.717, 1.165) is 16.9 Å². The quantitative estimate of drug-likeness (QED) is 0.406. The molecule has 1 atom stereocenters. The van der Waals surface area contributed by atoms with Crippen LogP contribution >= 0.6 is 0 Å². The zero-order chi connectivity index (χ0) is 18.1. The second-order valence-corrected chi connectivity index (χ2v) is 11.1. The number of rotatable bonds is 7. The molecule has 0 saturated heterocycles. The molecule has 1 unspecified atom stereocenters. The summed E-state index contributed by atoms with van der Waals surface area (Å²) >= 11 is 0. The van der Waals surface area contributed by atoms with E-state index in [1.54, 1.807) is 7.11 Å². The van der Waals surface area contributed by atoms with E-state index in [1.165, 1.54) is 0 Å². The van der Waals surface area contributed by atoms with Crippen LogP contribution < -0.4 is 4.74 Å². The second kappa shape index (κ2) is 9.43. The lowest BCUT2D eigenvalue weighted by molar-refractivity contribution is 0.153. The fourth-order valence-corrected chi connectivity index (χ4v) is 3.18. The molecule has 4 heteroatoms. The van der Waals surface area contributed by atoms with E-state index >= 15 is 0 Å².